The van der Waals surface area contributed by atoms with E-state index >= 15 is 0 Å². The van der Waals surface area contributed by atoms with Gasteiger partial charge in [-0.2, -0.15) is 5.26 Å². The fourth-order valence-electron chi connectivity index (χ4n) is 2.59. The summed E-state index contributed by atoms with van der Waals surface area (Å²) in [5.41, 5.74) is 3.24. The van der Waals surface area contributed by atoms with Gasteiger partial charge in [0.25, 0.3) is 5.56 Å². The van der Waals surface area contributed by atoms with Crippen molar-refractivity contribution in [3.05, 3.63) is 62.9 Å². The number of halogens is 1. The van der Waals surface area contributed by atoms with Crippen molar-refractivity contribution in [1.29, 1.82) is 5.26 Å². The van der Waals surface area contributed by atoms with Gasteiger partial charge in [-0.1, -0.05) is 35.5 Å². The summed E-state index contributed by atoms with van der Waals surface area (Å²) >= 11 is 7.31. The molecule has 0 aliphatic carbocycles. The van der Waals surface area contributed by atoms with Gasteiger partial charge < -0.3 is 0 Å². The monoisotopic (exact) mass is 369 g/mol. The van der Waals surface area contributed by atoms with Crippen LogP contribution in [0.5, 0.6) is 0 Å². The lowest BCUT2D eigenvalue weighted by Crippen LogP contribution is -2.23. The maximum Gasteiger partial charge on any atom is 0.266 e. The molecule has 126 valence electrons. The normalized spacial score (nSPS) is 12.1. The van der Waals surface area contributed by atoms with Crippen LogP contribution in [0, 0.1) is 25.2 Å². The molecule has 0 saturated heterocycles. The highest BCUT2D eigenvalue weighted by Crippen LogP contribution is 2.27. The molecule has 0 radical (unpaired) electrons. The largest absolute Gasteiger partial charge is 0.268 e. The molecule has 3 aromatic rings. The molecule has 0 saturated carbocycles. The van der Waals surface area contributed by atoms with Crippen LogP contribution in [-0.2, 0) is 0 Å². The first-order chi connectivity index (χ1) is 11.9. The van der Waals surface area contributed by atoms with E-state index in [2.05, 4.69) is 11.1 Å². The van der Waals surface area contributed by atoms with Gasteiger partial charge >= 0.3 is 0 Å². The van der Waals surface area contributed by atoms with Crippen LogP contribution in [0.4, 0.5) is 0 Å². The second-order valence-electron chi connectivity index (χ2n) is 5.80. The van der Waals surface area contributed by atoms with E-state index in [1.807, 2.05) is 32.0 Å². The summed E-state index contributed by atoms with van der Waals surface area (Å²) in [7, 11) is 0. The molecule has 0 spiro atoms. The van der Waals surface area contributed by atoms with Crippen molar-refractivity contribution < 1.29 is 0 Å². The molecule has 1 unspecified atom stereocenters. The molecule has 0 aliphatic heterocycles. The van der Waals surface area contributed by atoms with Crippen molar-refractivity contribution in [2.75, 3.05) is 0 Å². The van der Waals surface area contributed by atoms with Gasteiger partial charge in [-0.05, 0) is 56.2 Å². The van der Waals surface area contributed by atoms with E-state index in [4.69, 9.17) is 11.6 Å². The Labute approximate surface area is 155 Å². The molecular weight excluding hydrogens is 354 g/mol. The van der Waals surface area contributed by atoms with E-state index in [0.29, 0.717) is 21.1 Å². The van der Waals surface area contributed by atoms with E-state index in [1.165, 1.54) is 11.8 Å². The Balaban J connectivity index is 2.39. The summed E-state index contributed by atoms with van der Waals surface area (Å²) in [6, 6.07) is 13.0. The first-order valence-electron chi connectivity index (χ1n) is 7.77. The predicted molar refractivity (Wildman–Crippen MR) is 103 cm³/mol. The quantitative estimate of drug-likeness (QED) is 0.497. The summed E-state index contributed by atoms with van der Waals surface area (Å²) < 4.78 is 1.59. The molecule has 0 aliphatic rings. The molecule has 0 bridgehead atoms. The Morgan fingerprint density at radius 2 is 2.04 bits per heavy atom. The molecule has 0 amide bonds. The second kappa shape index (κ2) is 6.91. The van der Waals surface area contributed by atoms with Gasteiger partial charge in [0.15, 0.2) is 5.16 Å². The molecule has 0 fully saturated rings. The number of nitriles is 1. The van der Waals surface area contributed by atoms with Gasteiger partial charge in [0.05, 0.1) is 27.9 Å². The van der Waals surface area contributed by atoms with Crippen molar-refractivity contribution in [2.45, 2.75) is 31.2 Å². The minimum absolute atomic E-state index is 0.164. The average Bonchev–Trinajstić information content (AvgIpc) is 2.58. The number of thioether (sulfide) groups is 1. The zero-order valence-electron chi connectivity index (χ0n) is 14.1. The third-order valence-corrected chi connectivity index (χ3v) is 5.26. The first-order valence-corrected chi connectivity index (χ1v) is 9.03. The van der Waals surface area contributed by atoms with Crippen molar-refractivity contribution in [3.63, 3.8) is 0 Å². The van der Waals surface area contributed by atoms with Crippen molar-refractivity contribution >= 4 is 34.3 Å². The Hall–Kier alpha value is -2.29. The zero-order chi connectivity index (χ0) is 18.1. The van der Waals surface area contributed by atoms with Crippen LogP contribution < -0.4 is 5.56 Å². The van der Waals surface area contributed by atoms with Crippen LogP contribution in [0.3, 0.4) is 0 Å². The number of aryl methyl sites for hydroxylation is 1. The zero-order valence-corrected chi connectivity index (χ0v) is 15.6. The van der Waals surface area contributed by atoms with E-state index in [1.54, 1.807) is 29.7 Å². The molecule has 1 aromatic heterocycles. The van der Waals surface area contributed by atoms with E-state index in [9.17, 15) is 10.1 Å². The van der Waals surface area contributed by atoms with E-state index in [-0.39, 0.29) is 10.8 Å². The average molecular weight is 370 g/mol. The molecule has 3 rings (SSSR count). The van der Waals surface area contributed by atoms with Crippen LogP contribution in [0.1, 0.15) is 18.1 Å². The van der Waals surface area contributed by atoms with Crippen LogP contribution in [0.25, 0.3) is 16.6 Å². The Morgan fingerprint density at radius 3 is 2.76 bits per heavy atom. The van der Waals surface area contributed by atoms with Crippen molar-refractivity contribution in [2.24, 2.45) is 0 Å². The summed E-state index contributed by atoms with van der Waals surface area (Å²) in [6.45, 7) is 5.76. The van der Waals surface area contributed by atoms with Crippen molar-refractivity contribution in [3.8, 4) is 11.8 Å². The number of hydrogen-bond acceptors (Lipinski definition) is 4. The lowest BCUT2D eigenvalue weighted by Gasteiger charge is -2.16. The second-order valence-corrected chi connectivity index (χ2v) is 7.55. The Bertz CT molecular complexity index is 1070. The van der Waals surface area contributed by atoms with Crippen molar-refractivity contribution in [1.82, 2.24) is 9.55 Å². The topological polar surface area (TPSA) is 58.7 Å². The highest BCUT2D eigenvalue weighted by atomic mass is 35.5. The molecule has 0 N–H and O–H groups in total. The summed E-state index contributed by atoms with van der Waals surface area (Å²) in [5.74, 6) is 0. The minimum Gasteiger partial charge on any atom is -0.268 e. The van der Waals surface area contributed by atoms with Crippen LogP contribution in [0.2, 0.25) is 5.02 Å². The van der Waals surface area contributed by atoms with Gasteiger partial charge in [-0.15, -0.1) is 0 Å². The molecule has 1 atom stereocenters. The molecule has 25 heavy (non-hydrogen) atoms. The van der Waals surface area contributed by atoms with Crippen LogP contribution in [-0.4, -0.2) is 14.8 Å². The molecule has 6 heteroatoms. The maximum atomic E-state index is 13.2. The van der Waals surface area contributed by atoms with Gasteiger partial charge in [-0.25, -0.2) is 4.98 Å². The lowest BCUT2D eigenvalue weighted by molar-refractivity contribution is 0.811. The van der Waals surface area contributed by atoms with Crippen LogP contribution >= 0.6 is 23.4 Å². The van der Waals surface area contributed by atoms with Gasteiger partial charge in [0.1, 0.15) is 0 Å². The van der Waals surface area contributed by atoms with E-state index in [0.717, 1.165) is 16.8 Å². The van der Waals surface area contributed by atoms with Gasteiger partial charge in [0.2, 0.25) is 0 Å². The fourth-order valence-corrected chi connectivity index (χ4v) is 3.57. The molecule has 4 nitrogen and oxygen atoms in total. The lowest BCUT2D eigenvalue weighted by atomic mass is 10.1. The number of nitrogens with zero attached hydrogens (tertiary/aromatic N) is 3. The van der Waals surface area contributed by atoms with Crippen LogP contribution in [0.15, 0.2) is 46.3 Å². The maximum absolute atomic E-state index is 13.2. The van der Waals surface area contributed by atoms with E-state index < -0.39 is 0 Å². The summed E-state index contributed by atoms with van der Waals surface area (Å²) in [4.78, 5) is 17.8. The third-order valence-electron chi connectivity index (χ3n) is 4.08. The highest BCUT2D eigenvalue weighted by Gasteiger charge is 2.17. The molecule has 1 heterocycles. The standard InChI is InChI=1S/C19H16ClN3OS/c1-11-5-4-6-17(13(11)3)23-18(24)15-8-7-14(20)9-16(15)22-19(23)25-12(2)10-21/h4-9,12H,1-3H3. The highest BCUT2D eigenvalue weighted by molar-refractivity contribution is 8.00. The predicted octanol–water partition coefficient (Wildman–Crippen LogP) is 4.66. The summed E-state index contributed by atoms with van der Waals surface area (Å²) in [5, 5.41) is 10.4. The smallest absolute Gasteiger partial charge is 0.266 e. The third kappa shape index (κ3) is 3.28. The fraction of sp³-hybridized carbons (Fsp3) is 0.211. The number of hydrogen-bond donors (Lipinski definition) is 0. The van der Waals surface area contributed by atoms with Gasteiger partial charge in [-0.3, -0.25) is 9.36 Å². The number of fused-ring (bicyclic) bond motifs is 1. The number of benzene rings is 2. The SMILES string of the molecule is Cc1cccc(-n2c(SC(C)C#N)nc3cc(Cl)ccc3c2=O)c1C. The Kier molecular flexibility index (Phi) is 4.85. The summed E-state index contributed by atoms with van der Waals surface area (Å²) in [6.07, 6.45) is 0. The molecule has 2 aromatic carbocycles. The van der Waals surface area contributed by atoms with Gasteiger partial charge in [0, 0.05) is 5.02 Å². The molecular formula is C19H16ClN3OS. The number of rotatable bonds is 3. The Morgan fingerprint density at radius 1 is 1.28 bits per heavy atom. The number of aromatic nitrogens is 2. The minimum atomic E-state index is -0.333. The first kappa shape index (κ1) is 17.5.